The number of likely N-dealkylation sites (tertiary alicyclic amines) is 1. The molecule has 36 heavy (non-hydrogen) atoms. The molecule has 190 valence electrons. The largest absolute Gasteiger partial charge is 0.376 e. The maximum absolute atomic E-state index is 13.3. The number of ether oxygens (including phenoxy) is 1. The third-order valence-corrected chi connectivity index (χ3v) is 7.65. The highest BCUT2D eigenvalue weighted by molar-refractivity contribution is 6.30. The maximum atomic E-state index is 13.3. The van der Waals surface area contributed by atoms with Crippen molar-refractivity contribution in [1.82, 2.24) is 19.7 Å². The third-order valence-electron chi connectivity index (χ3n) is 7.41. The van der Waals surface area contributed by atoms with Crippen molar-refractivity contribution in [2.45, 2.75) is 31.0 Å². The fraction of sp³-hybridized carbons (Fsp3) is 0.462. The van der Waals surface area contributed by atoms with Gasteiger partial charge in [-0.25, -0.2) is 0 Å². The van der Waals surface area contributed by atoms with Crippen LogP contribution in [0.25, 0.3) is 0 Å². The second-order valence-corrected chi connectivity index (χ2v) is 10.2. The number of amides is 3. The topological polar surface area (TPSA) is 95.1 Å². The molecule has 0 spiro atoms. The number of anilines is 1. The molecule has 10 heteroatoms. The van der Waals surface area contributed by atoms with Gasteiger partial charge in [0.1, 0.15) is 11.7 Å². The van der Waals surface area contributed by atoms with Crippen LogP contribution in [0, 0.1) is 5.92 Å². The van der Waals surface area contributed by atoms with E-state index in [4.69, 9.17) is 16.3 Å². The summed E-state index contributed by atoms with van der Waals surface area (Å²) in [5.41, 5.74) is 1.79. The molecule has 3 saturated heterocycles. The number of hydrogen-bond acceptors (Lipinski definition) is 6. The summed E-state index contributed by atoms with van der Waals surface area (Å²) in [6.45, 7) is 2.35. The molecular weight excluding hydrogens is 482 g/mol. The van der Waals surface area contributed by atoms with Crippen molar-refractivity contribution in [1.29, 1.82) is 0 Å². The molecule has 0 aliphatic carbocycles. The number of nitrogens with one attached hydrogen (secondary N) is 1. The lowest BCUT2D eigenvalue weighted by atomic mass is 9.89. The highest BCUT2D eigenvalue weighted by atomic mass is 35.5. The van der Waals surface area contributed by atoms with Crippen molar-refractivity contribution >= 4 is 35.0 Å². The van der Waals surface area contributed by atoms with Crippen LogP contribution in [0.1, 0.15) is 34.9 Å². The minimum absolute atomic E-state index is 0.0628. The quantitative estimate of drug-likeness (QED) is 0.677. The van der Waals surface area contributed by atoms with Crippen LogP contribution in [-0.4, -0.2) is 89.9 Å². The van der Waals surface area contributed by atoms with Crippen molar-refractivity contribution in [3.63, 3.8) is 0 Å². The zero-order valence-electron chi connectivity index (χ0n) is 20.4. The number of piperidine rings is 1. The number of aromatic nitrogens is 1. The van der Waals surface area contributed by atoms with Crippen LogP contribution in [0.2, 0.25) is 5.02 Å². The Morgan fingerprint density at radius 3 is 2.67 bits per heavy atom. The van der Waals surface area contributed by atoms with Crippen LogP contribution in [0.4, 0.5) is 5.69 Å². The molecule has 1 aromatic carbocycles. The lowest BCUT2D eigenvalue weighted by Crippen LogP contribution is -2.54. The Hall–Kier alpha value is -3.01. The molecule has 9 nitrogen and oxygen atoms in total. The summed E-state index contributed by atoms with van der Waals surface area (Å²) in [6.07, 6.45) is 2.60. The summed E-state index contributed by atoms with van der Waals surface area (Å²) < 4.78 is 5.88. The number of halogens is 1. The monoisotopic (exact) mass is 511 g/mol. The molecule has 0 radical (unpaired) electrons. The number of nitrogens with zero attached hydrogens (tertiary/aromatic N) is 4. The van der Waals surface area contributed by atoms with E-state index in [1.807, 2.05) is 43.3 Å². The van der Waals surface area contributed by atoms with Crippen LogP contribution in [0.15, 0.2) is 42.6 Å². The zero-order chi connectivity index (χ0) is 25.4. The molecule has 5 rings (SSSR count). The number of piperazine rings is 1. The molecule has 0 bridgehead atoms. The van der Waals surface area contributed by atoms with E-state index in [1.54, 1.807) is 21.9 Å². The molecule has 4 heterocycles. The summed E-state index contributed by atoms with van der Waals surface area (Å²) in [4.78, 5) is 48.8. The highest BCUT2D eigenvalue weighted by Gasteiger charge is 2.44. The van der Waals surface area contributed by atoms with E-state index < -0.39 is 5.92 Å². The van der Waals surface area contributed by atoms with Gasteiger partial charge >= 0.3 is 0 Å². The van der Waals surface area contributed by atoms with Gasteiger partial charge in [0.15, 0.2) is 0 Å². The number of benzene rings is 1. The average molecular weight is 512 g/mol. The number of carbonyl (C=O) groups is 3. The number of hydrogen-bond donors (Lipinski definition) is 1. The molecule has 3 aliphatic heterocycles. The number of likely N-dealkylation sites (N-methyl/N-ethyl adjacent to an activating group) is 2. The van der Waals surface area contributed by atoms with Gasteiger partial charge in [-0.2, -0.15) is 0 Å². The second kappa shape index (κ2) is 10.2. The van der Waals surface area contributed by atoms with Crippen LogP contribution < -0.4 is 5.32 Å². The Balaban J connectivity index is 1.28. The molecule has 4 atom stereocenters. The van der Waals surface area contributed by atoms with E-state index in [0.29, 0.717) is 30.3 Å². The predicted octanol–water partition coefficient (Wildman–Crippen LogP) is 2.44. The normalized spacial score (nSPS) is 26.6. The van der Waals surface area contributed by atoms with Crippen LogP contribution in [0.3, 0.4) is 0 Å². The van der Waals surface area contributed by atoms with Crippen molar-refractivity contribution in [3.05, 3.63) is 58.9 Å². The minimum atomic E-state index is -0.424. The van der Waals surface area contributed by atoms with Gasteiger partial charge in [-0.05, 0) is 49.7 Å². The van der Waals surface area contributed by atoms with E-state index >= 15 is 0 Å². The second-order valence-electron chi connectivity index (χ2n) is 9.77. The van der Waals surface area contributed by atoms with Crippen LogP contribution in [0.5, 0.6) is 0 Å². The highest BCUT2D eigenvalue weighted by Crippen LogP contribution is 2.33. The van der Waals surface area contributed by atoms with Gasteiger partial charge in [-0.1, -0.05) is 23.7 Å². The first-order valence-electron chi connectivity index (χ1n) is 12.2. The van der Waals surface area contributed by atoms with Crippen molar-refractivity contribution in [3.8, 4) is 0 Å². The summed E-state index contributed by atoms with van der Waals surface area (Å²) in [5.74, 6) is -0.773. The van der Waals surface area contributed by atoms with Crippen molar-refractivity contribution < 1.29 is 19.1 Å². The van der Waals surface area contributed by atoms with Gasteiger partial charge in [-0.3, -0.25) is 24.3 Å². The molecule has 3 amide bonds. The minimum Gasteiger partial charge on any atom is -0.376 e. The first-order valence-corrected chi connectivity index (χ1v) is 12.6. The van der Waals surface area contributed by atoms with Gasteiger partial charge in [-0.15, -0.1) is 0 Å². The Morgan fingerprint density at radius 2 is 1.92 bits per heavy atom. The first kappa shape index (κ1) is 24.7. The standard InChI is InChI=1S/C26H30ClN5O4/c1-30-10-11-31(2)26(35)23(30)16-3-5-19(6-4-16)29-24(33)17-13-22-21(8-12-36-22)32(15-17)25(34)20-14-18(27)7-9-28-20/h3-7,9,14,17,21-23H,8,10-13,15H2,1-2H3,(H,29,33). The molecular formula is C26H30ClN5O4. The molecule has 0 saturated carbocycles. The number of fused-ring (bicyclic) bond motifs is 1. The number of pyridine rings is 1. The zero-order valence-corrected chi connectivity index (χ0v) is 21.1. The van der Waals surface area contributed by atoms with Gasteiger partial charge in [0.25, 0.3) is 5.91 Å². The number of rotatable bonds is 4. The summed E-state index contributed by atoms with van der Waals surface area (Å²) in [7, 11) is 3.76. The first-order chi connectivity index (χ1) is 17.3. The molecule has 3 fully saturated rings. The van der Waals surface area contributed by atoms with Gasteiger partial charge in [0, 0.05) is 50.2 Å². The molecule has 4 unspecified atom stereocenters. The lowest BCUT2D eigenvalue weighted by molar-refractivity contribution is -0.139. The van der Waals surface area contributed by atoms with E-state index in [0.717, 1.165) is 18.5 Å². The molecule has 3 aliphatic rings. The fourth-order valence-electron chi connectivity index (χ4n) is 5.37. The molecule has 1 N–H and O–H groups in total. The van der Waals surface area contributed by atoms with E-state index in [1.165, 1.54) is 6.20 Å². The smallest absolute Gasteiger partial charge is 0.272 e. The Kier molecular flexibility index (Phi) is 6.96. The van der Waals surface area contributed by atoms with Gasteiger partial charge in [0.05, 0.1) is 18.1 Å². The summed E-state index contributed by atoms with van der Waals surface area (Å²) >= 11 is 6.07. The van der Waals surface area contributed by atoms with Gasteiger partial charge < -0.3 is 19.9 Å². The average Bonchev–Trinajstić information content (AvgIpc) is 3.35. The third kappa shape index (κ3) is 4.83. The Labute approximate surface area is 215 Å². The fourth-order valence-corrected chi connectivity index (χ4v) is 5.53. The summed E-state index contributed by atoms with van der Waals surface area (Å²) in [5, 5.41) is 3.42. The molecule has 1 aromatic heterocycles. The maximum Gasteiger partial charge on any atom is 0.272 e. The molecule has 2 aromatic rings. The van der Waals surface area contributed by atoms with E-state index in [9.17, 15) is 14.4 Å². The van der Waals surface area contributed by atoms with E-state index in [-0.39, 0.29) is 48.1 Å². The SMILES string of the molecule is CN1CCN(C)C(c2ccc(NC(=O)C3CC4OCCC4N(C(=O)c4cc(Cl)ccn4)C3)cc2)C1=O. The van der Waals surface area contributed by atoms with Crippen LogP contribution in [-0.2, 0) is 14.3 Å². The van der Waals surface area contributed by atoms with E-state index in [2.05, 4.69) is 10.3 Å². The predicted molar refractivity (Wildman–Crippen MR) is 135 cm³/mol. The van der Waals surface area contributed by atoms with Crippen molar-refractivity contribution in [2.24, 2.45) is 5.92 Å². The Morgan fingerprint density at radius 1 is 1.14 bits per heavy atom. The van der Waals surface area contributed by atoms with Crippen molar-refractivity contribution in [2.75, 3.05) is 45.7 Å². The van der Waals surface area contributed by atoms with Gasteiger partial charge in [0.2, 0.25) is 11.8 Å². The Bertz CT molecular complexity index is 1160. The number of carbonyl (C=O) groups excluding carboxylic acids is 3. The van der Waals surface area contributed by atoms with Crippen LogP contribution >= 0.6 is 11.6 Å². The lowest BCUT2D eigenvalue weighted by Gasteiger charge is -2.40. The summed E-state index contributed by atoms with van der Waals surface area (Å²) in [6, 6.07) is 10.2.